The molecule has 0 aliphatic rings. The molecule has 3 amide bonds. The summed E-state index contributed by atoms with van der Waals surface area (Å²) in [6, 6.07) is 0. The van der Waals surface area contributed by atoms with E-state index in [0.717, 1.165) is 25.7 Å². The first-order chi connectivity index (χ1) is 26.0. The van der Waals surface area contributed by atoms with Crippen LogP contribution in [0.15, 0.2) is 24.3 Å². The number of unbranched alkanes of at least 4 members (excludes halogenated alkanes) is 24. The molecule has 0 atom stereocenters. The molecule has 53 heavy (non-hydrogen) atoms. The molecule has 0 aromatic carbocycles. The van der Waals surface area contributed by atoms with Crippen LogP contribution in [-0.2, 0) is 9.59 Å². The minimum Gasteiger partial charge on any atom is -0.465 e. The van der Waals surface area contributed by atoms with E-state index in [4.69, 9.17) is 5.11 Å². The number of carbonyl (C=O) groups excluding carboxylic acids is 2. The first kappa shape index (κ1) is 50.6. The Morgan fingerprint density at radius 1 is 0.415 bits per heavy atom. The molecular weight excluding hydrogens is 661 g/mol. The van der Waals surface area contributed by atoms with Crippen molar-refractivity contribution < 1.29 is 19.5 Å². The van der Waals surface area contributed by atoms with Gasteiger partial charge in [0.05, 0.1) is 0 Å². The van der Waals surface area contributed by atoms with Gasteiger partial charge in [-0.1, -0.05) is 154 Å². The van der Waals surface area contributed by atoms with E-state index in [1.165, 1.54) is 154 Å². The minimum absolute atomic E-state index is 0.0124. The van der Waals surface area contributed by atoms with E-state index in [9.17, 15) is 14.4 Å². The number of carbonyl (C=O) groups is 3. The number of rotatable bonds is 41. The number of nitrogens with zero attached hydrogens (tertiary/aromatic N) is 1. The fourth-order valence-corrected chi connectivity index (χ4v) is 6.55. The van der Waals surface area contributed by atoms with Crippen molar-refractivity contribution >= 4 is 17.9 Å². The summed E-state index contributed by atoms with van der Waals surface area (Å²) in [5.74, 6) is 0.0247. The number of hydrogen-bond acceptors (Lipinski definition) is 4. The Balaban J connectivity index is 3.86. The zero-order valence-electron chi connectivity index (χ0n) is 34.9. The van der Waals surface area contributed by atoms with Crippen molar-refractivity contribution in [2.45, 2.75) is 206 Å². The Labute approximate surface area is 327 Å². The van der Waals surface area contributed by atoms with Crippen LogP contribution in [0.25, 0.3) is 0 Å². The van der Waals surface area contributed by atoms with E-state index in [1.807, 2.05) is 4.90 Å². The van der Waals surface area contributed by atoms with E-state index in [0.29, 0.717) is 45.6 Å². The van der Waals surface area contributed by atoms with Crippen LogP contribution >= 0.6 is 0 Å². The summed E-state index contributed by atoms with van der Waals surface area (Å²) >= 11 is 0. The lowest BCUT2D eigenvalue weighted by molar-refractivity contribution is -0.121. The second-order valence-corrected chi connectivity index (χ2v) is 15.1. The number of amides is 3. The Kier molecular flexibility index (Phi) is 40.5. The van der Waals surface area contributed by atoms with Crippen molar-refractivity contribution in [1.82, 2.24) is 20.9 Å². The van der Waals surface area contributed by atoms with E-state index in [1.54, 1.807) is 0 Å². The number of nitrogens with one attached hydrogen (secondary N) is 3. The lowest BCUT2D eigenvalue weighted by Crippen LogP contribution is -2.39. The van der Waals surface area contributed by atoms with Gasteiger partial charge in [-0.3, -0.25) is 9.59 Å². The Morgan fingerprint density at radius 3 is 1.08 bits per heavy atom. The Hall–Kier alpha value is -2.35. The average molecular weight is 747 g/mol. The topological polar surface area (TPSA) is 111 Å². The van der Waals surface area contributed by atoms with Crippen LogP contribution in [0.2, 0.25) is 0 Å². The molecular formula is C45H86N4O4. The fourth-order valence-electron chi connectivity index (χ4n) is 6.55. The molecule has 0 saturated carbocycles. The van der Waals surface area contributed by atoms with Crippen LogP contribution in [0.1, 0.15) is 206 Å². The molecule has 0 rings (SSSR count). The summed E-state index contributed by atoms with van der Waals surface area (Å²) in [4.78, 5) is 37.9. The molecule has 8 nitrogen and oxygen atoms in total. The largest absolute Gasteiger partial charge is 0.465 e. The van der Waals surface area contributed by atoms with Crippen LogP contribution in [0.5, 0.6) is 0 Å². The molecule has 0 aliphatic heterocycles. The molecule has 0 fully saturated rings. The zero-order chi connectivity index (χ0) is 38.7. The SMILES string of the molecule is CCCCCCCC/C=C\CCCCCCCCNC(=O)CCN(CCNC(=O)O)CCC(=O)NCCCCCCCC/C=C\CCCCCCCC. The Bertz CT molecular complexity index is 819. The lowest BCUT2D eigenvalue weighted by atomic mass is 10.1. The van der Waals surface area contributed by atoms with E-state index >= 15 is 0 Å². The molecule has 0 unspecified atom stereocenters. The maximum absolute atomic E-state index is 12.5. The highest BCUT2D eigenvalue weighted by atomic mass is 16.4. The van der Waals surface area contributed by atoms with Crippen molar-refractivity contribution in [1.29, 1.82) is 0 Å². The van der Waals surface area contributed by atoms with Crippen molar-refractivity contribution in [2.24, 2.45) is 0 Å². The van der Waals surface area contributed by atoms with Crippen LogP contribution in [-0.4, -0.2) is 67.2 Å². The van der Waals surface area contributed by atoms with Gasteiger partial charge < -0.3 is 26.0 Å². The quantitative estimate of drug-likeness (QED) is 0.0368. The van der Waals surface area contributed by atoms with Crippen LogP contribution in [0, 0.1) is 0 Å². The van der Waals surface area contributed by atoms with E-state index in [-0.39, 0.29) is 18.4 Å². The van der Waals surface area contributed by atoms with Gasteiger partial charge in [0.25, 0.3) is 0 Å². The molecule has 8 heteroatoms. The normalized spacial score (nSPS) is 11.6. The summed E-state index contributed by atoms with van der Waals surface area (Å²) in [5.41, 5.74) is 0. The molecule has 0 radical (unpaired) electrons. The van der Waals surface area contributed by atoms with E-state index < -0.39 is 6.09 Å². The van der Waals surface area contributed by atoms with Gasteiger partial charge in [0.15, 0.2) is 0 Å². The minimum atomic E-state index is -1.06. The monoisotopic (exact) mass is 747 g/mol. The smallest absolute Gasteiger partial charge is 0.404 e. The predicted octanol–water partition coefficient (Wildman–Crippen LogP) is 11.6. The molecule has 310 valence electrons. The first-order valence-corrected chi connectivity index (χ1v) is 22.5. The summed E-state index contributed by atoms with van der Waals surface area (Å²) in [6.45, 7) is 7.66. The summed E-state index contributed by atoms with van der Waals surface area (Å²) in [5, 5.41) is 17.4. The van der Waals surface area contributed by atoms with Gasteiger partial charge in [-0.15, -0.1) is 0 Å². The molecule has 0 aromatic heterocycles. The fraction of sp³-hybridized carbons (Fsp3) is 0.844. The van der Waals surface area contributed by atoms with Gasteiger partial charge in [-0.05, 0) is 64.2 Å². The second-order valence-electron chi connectivity index (χ2n) is 15.1. The van der Waals surface area contributed by atoms with Gasteiger partial charge in [0.2, 0.25) is 11.8 Å². The number of carboxylic acid groups (broad SMARTS) is 1. The third-order valence-corrected chi connectivity index (χ3v) is 10.0. The second kappa shape index (κ2) is 42.4. The predicted molar refractivity (Wildman–Crippen MR) is 227 cm³/mol. The molecule has 0 heterocycles. The summed E-state index contributed by atoms with van der Waals surface area (Å²) in [6.07, 6.45) is 44.5. The number of allylic oxidation sites excluding steroid dienone is 4. The standard InChI is InChI=1S/C45H86N4O4/c1-3-5-7-9-11-13-15-17-19-21-23-25-27-29-31-33-37-46-43(50)35-40-49(42-39-48-45(52)53)41-36-44(51)47-38-34-32-30-28-26-24-22-20-18-16-14-12-10-8-6-4-2/h17-20,48H,3-16,21-42H2,1-2H3,(H,46,50)(H,47,51)(H,52,53)/b19-17-,20-18-. The summed E-state index contributed by atoms with van der Waals surface area (Å²) in [7, 11) is 0. The van der Waals surface area contributed by atoms with Gasteiger partial charge in [-0.25, -0.2) is 4.79 Å². The van der Waals surface area contributed by atoms with Crippen LogP contribution in [0.3, 0.4) is 0 Å². The lowest BCUT2D eigenvalue weighted by Gasteiger charge is -2.21. The highest BCUT2D eigenvalue weighted by Crippen LogP contribution is 2.11. The first-order valence-electron chi connectivity index (χ1n) is 22.5. The zero-order valence-corrected chi connectivity index (χ0v) is 34.9. The van der Waals surface area contributed by atoms with Crippen molar-refractivity contribution in [3.63, 3.8) is 0 Å². The molecule has 0 aliphatic carbocycles. The van der Waals surface area contributed by atoms with Crippen molar-refractivity contribution in [2.75, 3.05) is 39.3 Å². The molecule has 0 spiro atoms. The van der Waals surface area contributed by atoms with Crippen molar-refractivity contribution in [3.05, 3.63) is 24.3 Å². The van der Waals surface area contributed by atoms with Gasteiger partial charge >= 0.3 is 6.09 Å². The third-order valence-electron chi connectivity index (χ3n) is 10.0. The molecule has 0 bridgehead atoms. The van der Waals surface area contributed by atoms with Gasteiger partial charge in [0, 0.05) is 52.1 Å². The van der Waals surface area contributed by atoms with Gasteiger partial charge in [-0.2, -0.15) is 0 Å². The molecule has 4 N–H and O–H groups in total. The van der Waals surface area contributed by atoms with Crippen LogP contribution in [0.4, 0.5) is 4.79 Å². The Morgan fingerprint density at radius 2 is 0.736 bits per heavy atom. The number of hydrogen-bond donors (Lipinski definition) is 4. The van der Waals surface area contributed by atoms with E-state index in [2.05, 4.69) is 54.1 Å². The maximum atomic E-state index is 12.5. The third kappa shape index (κ3) is 42.3. The molecule has 0 saturated heterocycles. The summed E-state index contributed by atoms with van der Waals surface area (Å²) < 4.78 is 0. The van der Waals surface area contributed by atoms with Crippen molar-refractivity contribution in [3.8, 4) is 0 Å². The van der Waals surface area contributed by atoms with Crippen LogP contribution < -0.4 is 16.0 Å². The highest BCUT2D eigenvalue weighted by Gasteiger charge is 2.11. The average Bonchev–Trinajstić information content (AvgIpc) is 3.14. The van der Waals surface area contributed by atoms with Gasteiger partial charge in [0.1, 0.15) is 0 Å². The maximum Gasteiger partial charge on any atom is 0.404 e. The highest BCUT2D eigenvalue weighted by molar-refractivity contribution is 5.76. The molecule has 0 aromatic rings.